The average molecular weight is 564 g/mol. The van der Waals surface area contributed by atoms with Crippen molar-refractivity contribution in [3.05, 3.63) is 59.2 Å². The van der Waals surface area contributed by atoms with Crippen LogP contribution in [0.4, 0.5) is 11.6 Å². The molecule has 1 aliphatic rings. The topological polar surface area (TPSA) is 82.9 Å². The lowest BCUT2D eigenvalue weighted by Gasteiger charge is -2.41. The van der Waals surface area contributed by atoms with Crippen molar-refractivity contribution in [2.24, 2.45) is 5.41 Å². The third-order valence-electron chi connectivity index (χ3n) is 7.21. The normalized spacial score (nSPS) is 14.5. The molecule has 222 valence electrons. The summed E-state index contributed by atoms with van der Waals surface area (Å²) in [6.07, 6.45) is 10.8. The van der Waals surface area contributed by atoms with Crippen molar-refractivity contribution in [2.75, 3.05) is 39.7 Å². The van der Waals surface area contributed by atoms with Crippen LogP contribution in [-0.4, -0.2) is 60.0 Å². The van der Waals surface area contributed by atoms with E-state index < -0.39 is 0 Å². The Labute approximate surface area is 244 Å². The molecule has 4 rings (SSSR count). The molecule has 0 unspecified atom stereocenters. The van der Waals surface area contributed by atoms with E-state index in [1.165, 1.54) is 11.1 Å². The molecule has 0 aliphatic carbocycles. The van der Waals surface area contributed by atoms with Gasteiger partial charge in [0.15, 0.2) is 11.5 Å². The molecule has 0 radical (unpaired) electrons. The van der Waals surface area contributed by atoms with Crippen LogP contribution in [0.2, 0.25) is 0 Å². The molecule has 41 heavy (non-hydrogen) atoms. The van der Waals surface area contributed by atoms with E-state index in [2.05, 4.69) is 72.9 Å². The van der Waals surface area contributed by atoms with Gasteiger partial charge in [0, 0.05) is 67.0 Å². The third-order valence-corrected chi connectivity index (χ3v) is 7.21. The summed E-state index contributed by atoms with van der Waals surface area (Å²) < 4.78 is 24.9. The number of unbranched alkanes of at least 4 members (excludes halogenated alkanes) is 1. The van der Waals surface area contributed by atoms with E-state index >= 15 is 0 Å². The summed E-state index contributed by atoms with van der Waals surface area (Å²) in [6, 6.07) is 3.66. The van der Waals surface area contributed by atoms with Gasteiger partial charge in [0.25, 0.3) is 0 Å². The Morgan fingerprint density at radius 3 is 2.29 bits per heavy atom. The molecule has 1 fully saturated rings. The molecule has 0 spiro atoms. The zero-order chi connectivity index (χ0) is 29.7. The molecule has 0 saturated carbocycles. The lowest BCUT2D eigenvalue weighted by atomic mass is 9.92. The first-order valence-electron chi connectivity index (χ1n) is 14.2. The van der Waals surface area contributed by atoms with Crippen LogP contribution in [0.1, 0.15) is 57.2 Å². The van der Waals surface area contributed by atoms with Crippen LogP contribution in [0.5, 0.6) is 17.2 Å². The van der Waals surface area contributed by atoms with Gasteiger partial charge < -0.3 is 28.8 Å². The fourth-order valence-electron chi connectivity index (χ4n) is 4.88. The quantitative estimate of drug-likeness (QED) is 0.247. The van der Waals surface area contributed by atoms with Crippen molar-refractivity contribution < 1.29 is 18.9 Å². The second kappa shape index (κ2) is 12.9. The van der Waals surface area contributed by atoms with E-state index in [1.54, 1.807) is 21.3 Å². The number of hydrogen-bond donors (Lipinski definition) is 1. The number of rotatable bonds is 12. The molecule has 3 heterocycles. The summed E-state index contributed by atoms with van der Waals surface area (Å²) in [4.78, 5) is 11.8. The number of anilines is 2. The molecular weight excluding hydrogens is 518 g/mol. The molecule has 9 heteroatoms. The number of methoxy groups -OCH3 is 3. The van der Waals surface area contributed by atoms with E-state index in [9.17, 15) is 0 Å². The fourth-order valence-corrected chi connectivity index (χ4v) is 4.88. The minimum atomic E-state index is 0.0258. The number of nitrogens with zero attached hydrogens (tertiary/aromatic N) is 4. The summed E-state index contributed by atoms with van der Waals surface area (Å²) in [5, 5.41) is 3.28. The van der Waals surface area contributed by atoms with Crippen LogP contribution in [0.25, 0.3) is 5.82 Å². The maximum absolute atomic E-state index is 6.41. The minimum absolute atomic E-state index is 0.0258. The molecule has 0 amide bonds. The Morgan fingerprint density at radius 1 is 1.02 bits per heavy atom. The molecule has 9 nitrogen and oxygen atoms in total. The van der Waals surface area contributed by atoms with E-state index in [-0.39, 0.29) is 11.5 Å². The highest BCUT2D eigenvalue weighted by molar-refractivity contribution is 5.66. The Morgan fingerprint density at radius 2 is 1.71 bits per heavy atom. The monoisotopic (exact) mass is 563 g/mol. The minimum Gasteiger partial charge on any atom is -0.493 e. The average Bonchev–Trinajstić information content (AvgIpc) is 3.28. The van der Waals surface area contributed by atoms with Gasteiger partial charge in [0.2, 0.25) is 11.7 Å². The standard InChI is InChI=1S/C32H45N5O4/c1-10-11-12-28(32(4,5)6)41-25-19-36(20-25)17-23-18-37(16-22(23)3)30-21(2)15-33-31(35-30)34-24-13-26(38-7)29(40-9)27(14-24)39-8/h12-16,18,25H,10-11,17,19-20H2,1-9H3,(H,33,34,35)/b28-12+. The summed E-state index contributed by atoms with van der Waals surface area (Å²) >= 11 is 0. The van der Waals surface area contributed by atoms with Crippen molar-refractivity contribution in [3.8, 4) is 23.1 Å². The molecule has 1 aliphatic heterocycles. The van der Waals surface area contributed by atoms with Crippen LogP contribution in [-0.2, 0) is 11.3 Å². The van der Waals surface area contributed by atoms with Crippen LogP contribution in [0.15, 0.2) is 42.6 Å². The molecule has 0 atom stereocenters. The molecule has 1 saturated heterocycles. The lowest BCUT2D eigenvalue weighted by Crippen LogP contribution is -2.51. The van der Waals surface area contributed by atoms with Gasteiger partial charge in [-0.15, -0.1) is 0 Å². The Kier molecular flexibility index (Phi) is 9.48. The number of allylic oxidation sites excluding steroid dienone is 2. The number of nitrogens with one attached hydrogen (secondary N) is 1. The first kappa shape index (κ1) is 30.2. The van der Waals surface area contributed by atoms with Crippen molar-refractivity contribution in [3.63, 3.8) is 0 Å². The Balaban J connectivity index is 1.45. The van der Waals surface area contributed by atoms with Gasteiger partial charge >= 0.3 is 0 Å². The van der Waals surface area contributed by atoms with Crippen molar-refractivity contribution >= 4 is 11.6 Å². The first-order valence-corrected chi connectivity index (χ1v) is 14.2. The maximum Gasteiger partial charge on any atom is 0.229 e. The zero-order valence-electron chi connectivity index (χ0n) is 26.0. The molecule has 1 N–H and O–H groups in total. The number of ether oxygens (including phenoxy) is 4. The third kappa shape index (κ3) is 7.14. The number of hydrogen-bond acceptors (Lipinski definition) is 8. The van der Waals surface area contributed by atoms with Crippen molar-refractivity contribution in [1.29, 1.82) is 0 Å². The summed E-state index contributed by atoms with van der Waals surface area (Å²) in [6.45, 7) is 15.8. The van der Waals surface area contributed by atoms with E-state index in [0.717, 1.165) is 55.3 Å². The van der Waals surface area contributed by atoms with E-state index in [1.807, 2.05) is 25.3 Å². The number of likely N-dealkylation sites (tertiary alicyclic amines) is 1. The van der Waals surface area contributed by atoms with Crippen molar-refractivity contribution in [1.82, 2.24) is 19.4 Å². The summed E-state index contributed by atoms with van der Waals surface area (Å²) in [7, 11) is 4.77. The van der Waals surface area contributed by atoms with Crippen LogP contribution in [0.3, 0.4) is 0 Å². The van der Waals surface area contributed by atoms with Crippen LogP contribution in [0, 0.1) is 19.3 Å². The fraction of sp³-hybridized carbons (Fsp3) is 0.500. The van der Waals surface area contributed by atoms with Gasteiger partial charge in [-0.1, -0.05) is 34.1 Å². The van der Waals surface area contributed by atoms with Gasteiger partial charge in [-0.25, -0.2) is 4.98 Å². The highest BCUT2D eigenvalue weighted by atomic mass is 16.5. The SMILES string of the molecule is CCC/C=C(/OC1CN(Cc2cn(-c3nc(Nc4cc(OC)c(OC)c(OC)c4)ncc3C)cc2C)C1)C(C)(C)C. The Hall–Kier alpha value is -3.72. The van der Waals surface area contributed by atoms with Gasteiger partial charge in [-0.05, 0) is 37.5 Å². The zero-order valence-corrected chi connectivity index (χ0v) is 26.0. The largest absolute Gasteiger partial charge is 0.493 e. The molecule has 1 aromatic carbocycles. The maximum atomic E-state index is 6.41. The molecule has 0 bridgehead atoms. The highest BCUT2D eigenvalue weighted by Crippen LogP contribution is 2.40. The van der Waals surface area contributed by atoms with Crippen molar-refractivity contribution in [2.45, 2.75) is 67.0 Å². The predicted molar refractivity (Wildman–Crippen MR) is 163 cm³/mol. The highest BCUT2D eigenvalue weighted by Gasteiger charge is 2.32. The van der Waals surface area contributed by atoms with Gasteiger partial charge in [0.05, 0.1) is 27.1 Å². The second-order valence-corrected chi connectivity index (χ2v) is 11.7. The lowest BCUT2D eigenvalue weighted by molar-refractivity contribution is -0.0413. The smallest absolute Gasteiger partial charge is 0.229 e. The van der Waals surface area contributed by atoms with Gasteiger partial charge in [0.1, 0.15) is 11.9 Å². The molecule has 2 aromatic heterocycles. The number of aryl methyl sites for hydroxylation is 2. The molecular formula is C32H45N5O4. The second-order valence-electron chi connectivity index (χ2n) is 11.7. The van der Waals surface area contributed by atoms with Crippen LogP contribution < -0.4 is 19.5 Å². The van der Waals surface area contributed by atoms with E-state index in [0.29, 0.717) is 23.2 Å². The van der Waals surface area contributed by atoms with Gasteiger partial charge in [-0.3, -0.25) is 4.90 Å². The number of aromatic nitrogens is 3. The predicted octanol–water partition coefficient (Wildman–Crippen LogP) is 6.58. The van der Waals surface area contributed by atoms with Gasteiger partial charge in [-0.2, -0.15) is 4.98 Å². The van der Waals surface area contributed by atoms with Crippen LogP contribution >= 0.6 is 0 Å². The molecule has 3 aromatic rings. The first-order chi connectivity index (χ1) is 19.6. The summed E-state index contributed by atoms with van der Waals surface area (Å²) in [5.41, 5.74) is 4.24. The van der Waals surface area contributed by atoms with E-state index in [4.69, 9.17) is 23.9 Å². The summed E-state index contributed by atoms with van der Waals surface area (Å²) in [5.74, 6) is 4.05. The Bertz CT molecular complexity index is 1340. The number of benzene rings is 1.